The zero-order valence-corrected chi connectivity index (χ0v) is 25.7. The molecule has 6 aromatic rings. The highest BCUT2D eigenvalue weighted by atomic mass is 16.5. The summed E-state index contributed by atoms with van der Waals surface area (Å²) in [6.07, 6.45) is 2.65. The van der Waals surface area contributed by atoms with Gasteiger partial charge in [0.05, 0.1) is 41.0 Å². The van der Waals surface area contributed by atoms with Crippen molar-refractivity contribution in [3.8, 4) is 0 Å². The molecule has 236 valence electrons. The van der Waals surface area contributed by atoms with E-state index < -0.39 is 17.8 Å². The number of benzene rings is 4. The summed E-state index contributed by atoms with van der Waals surface area (Å²) < 4.78 is 12.3. The molecule has 0 spiro atoms. The van der Waals surface area contributed by atoms with Crippen LogP contribution in [0.1, 0.15) is 42.4 Å². The summed E-state index contributed by atoms with van der Waals surface area (Å²) in [7, 11) is 3.15. The first-order chi connectivity index (χ1) is 22.8. The zero-order chi connectivity index (χ0) is 32.9. The van der Waals surface area contributed by atoms with Crippen LogP contribution in [0.5, 0.6) is 0 Å². The van der Waals surface area contributed by atoms with Gasteiger partial charge in [-0.2, -0.15) is 5.10 Å². The molecule has 0 atom stereocenters. The second kappa shape index (κ2) is 13.5. The van der Waals surface area contributed by atoms with Crippen molar-refractivity contribution in [3.05, 3.63) is 135 Å². The van der Waals surface area contributed by atoms with Crippen LogP contribution in [0.2, 0.25) is 0 Å². The summed E-state index contributed by atoms with van der Waals surface area (Å²) in [5.41, 5.74) is 4.01. The predicted molar refractivity (Wildman–Crippen MR) is 179 cm³/mol. The molecule has 0 saturated heterocycles. The van der Waals surface area contributed by atoms with Crippen molar-refractivity contribution in [2.75, 3.05) is 24.3 Å². The SMILES string of the molecule is COC(=O)c1ccc(C(=O)Nc2ccc(CCNCc3ccc4c(cnn4C)c3)cc2)c(NC(=O)c2cc(=O)c3ccccc3o2)c1. The molecular formula is C36H31N5O6. The molecule has 0 aliphatic rings. The topological polar surface area (TPSA) is 145 Å². The second-order valence-corrected chi connectivity index (χ2v) is 10.9. The van der Waals surface area contributed by atoms with Gasteiger partial charge in [0.1, 0.15) is 5.58 Å². The minimum Gasteiger partial charge on any atom is -0.465 e. The Balaban J connectivity index is 1.11. The van der Waals surface area contributed by atoms with Gasteiger partial charge in [-0.25, -0.2) is 4.79 Å². The lowest BCUT2D eigenvalue weighted by atomic mass is 10.1. The minimum atomic E-state index is -0.764. The molecule has 0 radical (unpaired) electrons. The maximum Gasteiger partial charge on any atom is 0.337 e. The van der Waals surface area contributed by atoms with E-state index in [1.54, 1.807) is 36.4 Å². The Morgan fingerprint density at radius 3 is 2.47 bits per heavy atom. The van der Waals surface area contributed by atoms with Crippen molar-refractivity contribution in [1.82, 2.24) is 15.1 Å². The van der Waals surface area contributed by atoms with Gasteiger partial charge in [-0.05, 0) is 78.7 Å². The van der Waals surface area contributed by atoms with Gasteiger partial charge < -0.3 is 25.1 Å². The van der Waals surface area contributed by atoms with Gasteiger partial charge in [0, 0.05) is 30.7 Å². The molecule has 2 heterocycles. The fourth-order valence-electron chi connectivity index (χ4n) is 5.23. The van der Waals surface area contributed by atoms with Gasteiger partial charge in [0.15, 0.2) is 11.2 Å². The summed E-state index contributed by atoms with van der Waals surface area (Å²) in [6, 6.07) is 25.6. The number of methoxy groups -OCH3 is 1. The molecule has 0 bridgehead atoms. The number of aryl methyl sites for hydroxylation is 1. The Bertz CT molecular complexity index is 2190. The van der Waals surface area contributed by atoms with Gasteiger partial charge in [0.2, 0.25) is 0 Å². The summed E-state index contributed by atoms with van der Waals surface area (Å²) in [6.45, 7) is 1.50. The van der Waals surface area contributed by atoms with Gasteiger partial charge >= 0.3 is 5.97 Å². The van der Waals surface area contributed by atoms with E-state index in [0.717, 1.165) is 42.0 Å². The normalized spacial score (nSPS) is 11.0. The highest BCUT2D eigenvalue weighted by Gasteiger charge is 2.20. The molecule has 3 N–H and O–H groups in total. The molecule has 0 unspecified atom stereocenters. The van der Waals surface area contributed by atoms with E-state index in [-0.39, 0.29) is 33.6 Å². The Morgan fingerprint density at radius 1 is 0.872 bits per heavy atom. The quantitative estimate of drug-likeness (QED) is 0.137. The van der Waals surface area contributed by atoms with Crippen molar-refractivity contribution in [3.63, 3.8) is 0 Å². The number of para-hydroxylation sites is 1. The van der Waals surface area contributed by atoms with E-state index in [0.29, 0.717) is 11.1 Å². The third kappa shape index (κ3) is 6.95. The maximum atomic E-state index is 13.4. The van der Waals surface area contributed by atoms with Crippen LogP contribution < -0.4 is 21.4 Å². The van der Waals surface area contributed by atoms with Crippen molar-refractivity contribution in [2.24, 2.45) is 7.05 Å². The molecule has 0 saturated carbocycles. The summed E-state index contributed by atoms with van der Waals surface area (Å²) in [5.74, 6) is -2.18. The molecule has 11 nitrogen and oxygen atoms in total. The van der Waals surface area contributed by atoms with Gasteiger partial charge in [-0.1, -0.05) is 30.3 Å². The number of anilines is 2. The molecule has 11 heteroatoms. The summed E-state index contributed by atoms with van der Waals surface area (Å²) in [5, 5.41) is 14.6. The Hall–Kier alpha value is -6.07. The van der Waals surface area contributed by atoms with Crippen molar-refractivity contribution in [2.45, 2.75) is 13.0 Å². The number of hydrogen-bond acceptors (Lipinski definition) is 8. The minimum absolute atomic E-state index is 0.0385. The smallest absolute Gasteiger partial charge is 0.337 e. The number of ether oxygens (including phenoxy) is 1. The monoisotopic (exact) mass is 629 g/mol. The van der Waals surface area contributed by atoms with Crippen LogP contribution in [0.15, 0.2) is 106 Å². The summed E-state index contributed by atoms with van der Waals surface area (Å²) >= 11 is 0. The third-order valence-corrected chi connectivity index (χ3v) is 7.73. The van der Waals surface area contributed by atoms with Gasteiger partial charge in [0.25, 0.3) is 11.8 Å². The van der Waals surface area contributed by atoms with E-state index in [4.69, 9.17) is 9.15 Å². The third-order valence-electron chi connectivity index (χ3n) is 7.73. The first-order valence-corrected chi connectivity index (χ1v) is 14.9. The molecule has 47 heavy (non-hydrogen) atoms. The van der Waals surface area contributed by atoms with E-state index in [1.165, 1.54) is 30.9 Å². The van der Waals surface area contributed by atoms with E-state index in [1.807, 2.05) is 30.1 Å². The average molecular weight is 630 g/mol. The standard InChI is InChI=1S/C36H31N5O6/c1-41-30-14-9-23(17-25(30)21-38-41)20-37-16-15-22-7-11-26(12-8-22)39-34(43)27-13-10-24(36(45)46-2)18-29(27)40-35(44)33-19-31(42)28-5-3-4-6-32(28)47-33/h3-14,17-19,21,37H,15-16,20H2,1-2H3,(H,39,43)(H,40,44). The number of amides is 2. The molecule has 0 aliphatic heterocycles. The largest absolute Gasteiger partial charge is 0.465 e. The lowest BCUT2D eigenvalue weighted by Crippen LogP contribution is -2.20. The molecular weight excluding hydrogens is 598 g/mol. The fraction of sp³-hybridized carbons (Fsp3) is 0.139. The molecule has 2 amide bonds. The maximum absolute atomic E-state index is 13.4. The summed E-state index contributed by atoms with van der Waals surface area (Å²) in [4.78, 5) is 51.3. The average Bonchev–Trinajstić information content (AvgIpc) is 3.46. The first kappa shape index (κ1) is 30.9. The van der Waals surface area contributed by atoms with Gasteiger partial charge in [-0.15, -0.1) is 0 Å². The number of rotatable bonds is 10. The molecule has 2 aromatic heterocycles. The Morgan fingerprint density at radius 2 is 1.66 bits per heavy atom. The number of carbonyl (C=O) groups excluding carboxylic acids is 3. The fourth-order valence-corrected chi connectivity index (χ4v) is 5.23. The molecule has 6 rings (SSSR count). The molecule has 0 aliphatic carbocycles. The number of carbonyl (C=O) groups is 3. The number of fused-ring (bicyclic) bond motifs is 2. The van der Waals surface area contributed by atoms with E-state index in [2.05, 4.69) is 39.2 Å². The zero-order valence-electron chi connectivity index (χ0n) is 25.7. The van der Waals surface area contributed by atoms with Crippen LogP contribution >= 0.6 is 0 Å². The van der Waals surface area contributed by atoms with Crippen LogP contribution in [-0.2, 0) is 24.8 Å². The Labute approximate surface area is 269 Å². The lowest BCUT2D eigenvalue weighted by molar-refractivity contribution is 0.0600. The lowest BCUT2D eigenvalue weighted by Gasteiger charge is -2.13. The number of hydrogen-bond donors (Lipinski definition) is 3. The van der Waals surface area contributed by atoms with E-state index in [9.17, 15) is 19.2 Å². The number of nitrogens with zero attached hydrogens (tertiary/aromatic N) is 2. The van der Waals surface area contributed by atoms with Crippen molar-refractivity contribution >= 4 is 51.0 Å². The van der Waals surface area contributed by atoms with Crippen molar-refractivity contribution in [1.29, 1.82) is 0 Å². The number of esters is 1. The second-order valence-electron chi connectivity index (χ2n) is 10.9. The van der Waals surface area contributed by atoms with Crippen LogP contribution in [-0.4, -0.2) is 41.2 Å². The van der Waals surface area contributed by atoms with Crippen LogP contribution in [0.25, 0.3) is 21.9 Å². The van der Waals surface area contributed by atoms with Gasteiger partial charge in [-0.3, -0.25) is 19.1 Å². The predicted octanol–water partition coefficient (Wildman–Crippen LogP) is 5.30. The van der Waals surface area contributed by atoms with E-state index >= 15 is 0 Å². The number of aromatic nitrogens is 2. The van der Waals surface area contributed by atoms with Crippen LogP contribution in [0.4, 0.5) is 11.4 Å². The highest BCUT2D eigenvalue weighted by Crippen LogP contribution is 2.23. The number of nitrogens with one attached hydrogen (secondary N) is 3. The van der Waals surface area contributed by atoms with Crippen LogP contribution in [0.3, 0.4) is 0 Å². The Kier molecular flexibility index (Phi) is 8.89. The first-order valence-electron chi connectivity index (χ1n) is 14.9. The molecule has 0 fully saturated rings. The molecule has 4 aromatic carbocycles. The van der Waals surface area contributed by atoms with Crippen molar-refractivity contribution < 1.29 is 23.5 Å². The highest BCUT2D eigenvalue weighted by molar-refractivity contribution is 6.13. The van der Waals surface area contributed by atoms with Crippen LogP contribution in [0, 0.1) is 0 Å².